The Morgan fingerprint density at radius 3 is 2.53 bits per heavy atom. The van der Waals surface area contributed by atoms with Crippen LogP contribution in [0, 0.1) is 0 Å². The van der Waals surface area contributed by atoms with Crippen LogP contribution in [0.3, 0.4) is 0 Å². The fourth-order valence-electron chi connectivity index (χ4n) is 6.43. The minimum absolute atomic E-state index is 0.0496. The van der Waals surface area contributed by atoms with Gasteiger partial charge in [-0.2, -0.15) is 0 Å². The van der Waals surface area contributed by atoms with Crippen LogP contribution in [-0.2, 0) is 41.6 Å². The molecule has 0 bridgehead atoms. The molecule has 1 atom stereocenters. The lowest BCUT2D eigenvalue weighted by Gasteiger charge is -2.29. The molecule has 3 aromatic heterocycles. The standard InChI is InChI=1S/C40H39N7O7S/c1-46(2)35-11-5-25(20-42-35)31-9-4-26(21-41-31)39-44-32-8-3-24(18-34(32)55-39)17-29(48)13-14-53-15-16-54-23-37(50)43-28-6-7-30-27(19-28)22-47(40(30)52)33-10-12-36(49)45-38(33)51/h3-9,11,18-21,33H,10,12-17,22-23H2,1-2H3,(H,43,50)(H,45,49,51). The minimum atomic E-state index is -0.705. The number of ketones is 1. The van der Waals surface area contributed by atoms with Gasteiger partial charge in [0.25, 0.3) is 5.91 Å². The normalized spacial score (nSPS) is 15.3. The number of fused-ring (bicyclic) bond motifs is 2. The summed E-state index contributed by atoms with van der Waals surface area (Å²) in [6.07, 6.45) is 4.62. The van der Waals surface area contributed by atoms with Crippen LogP contribution in [0.1, 0.15) is 40.7 Å². The quantitative estimate of drug-likeness (QED) is 0.114. The molecule has 0 saturated carbocycles. The number of pyridine rings is 2. The number of benzene rings is 2. The second-order valence-corrected chi connectivity index (χ2v) is 14.5. The highest BCUT2D eigenvalue weighted by Gasteiger charge is 2.39. The number of thiazole rings is 1. The smallest absolute Gasteiger partial charge is 0.255 e. The summed E-state index contributed by atoms with van der Waals surface area (Å²) in [4.78, 5) is 79.1. The lowest BCUT2D eigenvalue weighted by Crippen LogP contribution is -2.52. The molecule has 0 aliphatic carbocycles. The van der Waals surface area contributed by atoms with Crippen LogP contribution >= 0.6 is 11.3 Å². The number of Topliss-reactive ketones (excluding diaryl/α,β-unsaturated/α-hetero) is 1. The molecule has 1 fully saturated rings. The molecule has 0 spiro atoms. The largest absolute Gasteiger partial charge is 0.379 e. The predicted molar refractivity (Wildman–Crippen MR) is 206 cm³/mol. The predicted octanol–water partition coefficient (Wildman–Crippen LogP) is 4.42. The molecule has 5 heterocycles. The summed E-state index contributed by atoms with van der Waals surface area (Å²) >= 11 is 1.56. The Balaban J connectivity index is 0.800. The molecule has 1 unspecified atom stereocenters. The highest BCUT2D eigenvalue weighted by atomic mass is 32.1. The van der Waals surface area contributed by atoms with E-state index in [1.165, 1.54) is 4.90 Å². The van der Waals surface area contributed by atoms with Gasteiger partial charge in [-0.05, 0) is 72.1 Å². The number of nitrogens with one attached hydrogen (secondary N) is 2. The number of aromatic nitrogens is 3. The molecule has 15 heteroatoms. The monoisotopic (exact) mass is 761 g/mol. The first kappa shape index (κ1) is 37.4. The van der Waals surface area contributed by atoms with Crippen LogP contribution in [0.5, 0.6) is 0 Å². The first-order chi connectivity index (χ1) is 26.6. The topological polar surface area (TPSA) is 173 Å². The fourth-order valence-corrected chi connectivity index (χ4v) is 7.45. The van der Waals surface area contributed by atoms with Gasteiger partial charge in [0.2, 0.25) is 17.7 Å². The van der Waals surface area contributed by atoms with E-state index in [1.807, 2.05) is 73.9 Å². The highest BCUT2D eigenvalue weighted by molar-refractivity contribution is 7.21. The number of carbonyl (C=O) groups is 5. The van der Waals surface area contributed by atoms with Gasteiger partial charge in [-0.15, -0.1) is 11.3 Å². The molecule has 4 amide bonds. The van der Waals surface area contributed by atoms with Gasteiger partial charge in [0.05, 0.1) is 35.7 Å². The number of rotatable bonds is 15. The third-order valence-corrected chi connectivity index (χ3v) is 10.4. The molecule has 14 nitrogen and oxygen atoms in total. The molecular weight excluding hydrogens is 723 g/mol. The molecule has 5 aromatic rings. The molecule has 1 saturated heterocycles. The third-order valence-electron chi connectivity index (χ3n) is 9.30. The second kappa shape index (κ2) is 16.6. The lowest BCUT2D eigenvalue weighted by atomic mass is 10.0. The summed E-state index contributed by atoms with van der Waals surface area (Å²) in [5, 5.41) is 5.89. The molecule has 2 aromatic carbocycles. The summed E-state index contributed by atoms with van der Waals surface area (Å²) in [5.41, 5.74) is 6.11. The van der Waals surface area contributed by atoms with Gasteiger partial charge in [0, 0.05) is 74.7 Å². The molecule has 2 N–H and O–H groups in total. The minimum Gasteiger partial charge on any atom is -0.379 e. The first-order valence-corrected chi connectivity index (χ1v) is 18.7. The van der Waals surface area contributed by atoms with E-state index in [0.717, 1.165) is 43.4 Å². The number of piperidine rings is 1. The van der Waals surface area contributed by atoms with Crippen molar-refractivity contribution >= 4 is 62.5 Å². The summed E-state index contributed by atoms with van der Waals surface area (Å²) < 4.78 is 12.0. The fraction of sp³-hybridized carbons (Fsp3) is 0.300. The average molecular weight is 762 g/mol. The maximum absolute atomic E-state index is 12.9. The van der Waals surface area contributed by atoms with E-state index in [1.54, 1.807) is 29.5 Å². The van der Waals surface area contributed by atoms with E-state index in [-0.39, 0.29) is 82.2 Å². The van der Waals surface area contributed by atoms with Gasteiger partial charge < -0.3 is 24.6 Å². The molecule has 2 aliphatic rings. The van der Waals surface area contributed by atoms with E-state index in [0.29, 0.717) is 16.8 Å². The summed E-state index contributed by atoms with van der Waals surface area (Å²) in [5.74, 6) is -0.542. The molecular formula is C40H39N7O7S. The number of amides is 4. The number of ether oxygens (including phenoxy) is 2. The summed E-state index contributed by atoms with van der Waals surface area (Å²) in [6.45, 7) is 0.648. The third kappa shape index (κ3) is 8.91. The van der Waals surface area contributed by atoms with Crippen molar-refractivity contribution in [3.63, 3.8) is 0 Å². The Morgan fingerprint density at radius 1 is 0.945 bits per heavy atom. The number of hydrogen-bond acceptors (Lipinski definition) is 12. The average Bonchev–Trinajstić information content (AvgIpc) is 3.74. The van der Waals surface area contributed by atoms with Crippen molar-refractivity contribution in [2.24, 2.45) is 0 Å². The van der Waals surface area contributed by atoms with Crippen LogP contribution in [0.2, 0.25) is 0 Å². The van der Waals surface area contributed by atoms with Gasteiger partial charge >= 0.3 is 0 Å². The van der Waals surface area contributed by atoms with Crippen LogP contribution in [0.4, 0.5) is 11.5 Å². The van der Waals surface area contributed by atoms with Crippen molar-refractivity contribution < 1.29 is 33.4 Å². The van der Waals surface area contributed by atoms with E-state index in [4.69, 9.17) is 14.5 Å². The van der Waals surface area contributed by atoms with Crippen LogP contribution in [0.15, 0.2) is 73.1 Å². The van der Waals surface area contributed by atoms with Crippen molar-refractivity contribution in [3.8, 4) is 21.8 Å². The van der Waals surface area contributed by atoms with Crippen molar-refractivity contribution in [1.82, 2.24) is 25.2 Å². The van der Waals surface area contributed by atoms with Crippen molar-refractivity contribution in [2.45, 2.75) is 38.3 Å². The summed E-state index contributed by atoms with van der Waals surface area (Å²) in [6, 6.07) is 18.0. The number of nitrogens with zero attached hydrogens (tertiary/aromatic N) is 5. The SMILES string of the molecule is CN(C)c1ccc(-c2ccc(-c3nc4ccc(CC(=O)CCOCCOCC(=O)Nc5ccc6c(c5)CN(C5CCC(=O)NC5=O)C6=O)cc4s3)cn2)cn1. The van der Waals surface area contributed by atoms with E-state index >= 15 is 0 Å². The molecule has 7 rings (SSSR count). The van der Waals surface area contributed by atoms with Gasteiger partial charge in [0.15, 0.2) is 0 Å². The maximum atomic E-state index is 12.9. The number of anilines is 2. The Bertz CT molecular complexity index is 2260. The number of carbonyl (C=O) groups excluding carboxylic acids is 5. The van der Waals surface area contributed by atoms with Crippen LogP contribution < -0.4 is 15.5 Å². The zero-order valence-corrected chi connectivity index (χ0v) is 31.2. The van der Waals surface area contributed by atoms with E-state index < -0.39 is 11.9 Å². The molecule has 55 heavy (non-hydrogen) atoms. The van der Waals surface area contributed by atoms with Crippen molar-refractivity contribution in [1.29, 1.82) is 0 Å². The summed E-state index contributed by atoms with van der Waals surface area (Å²) in [7, 11) is 3.90. The Kier molecular flexibility index (Phi) is 11.3. The van der Waals surface area contributed by atoms with Crippen LogP contribution in [-0.4, -0.2) is 95.8 Å². The second-order valence-electron chi connectivity index (χ2n) is 13.5. The lowest BCUT2D eigenvalue weighted by molar-refractivity contribution is -0.137. The zero-order valence-electron chi connectivity index (χ0n) is 30.4. The zero-order chi connectivity index (χ0) is 38.5. The van der Waals surface area contributed by atoms with Gasteiger partial charge in [-0.25, -0.2) is 9.97 Å². The number of imide groups is 1. The maximum Gasteiger partial charge on any atom is 0.255 e. The molecule has 0 radical (unpaired) electrons. The highest BCUT2D eigenvalue weighted by Crippen LogP contribution is 2.32. The van der Waals surface area contributed by atoms with Gasteiger partial charge in [-0.1, -0.05) is 6.07 Å². The van der Waals surface area contributed by atoms with Crippen molar-refractivity contribution in [2.75, 3.05) is 50.7 Å². The van der Waals surface area contributed by atoms with Crippen molar-refractivity contribution in [3.05, 3.63) is 89.7 Å². The molecule has 282 valence electrons. The Morgan fingerprint density at radius 2 is 1.76 bits per heavy atom. The first-order valence-electron chi connectivity index (χ1n) is 17.9. The van der Waals surface area contributed by atoms with Crippen LogP contribution in [0.25, 0.3) is 32.0 Å². The number of hydrogen-bond donors (Lipinski definition) is 2. The molecule has 2 aliphatic heterocycles. The van der Waals surface area contributed by atoms with Gasteiger partial charge in [0.1, 0.15) is 29.3 Å². The van der Waals surface area contributed by atoms with E-state index in [9.17, 15) is 24.0 Å². The Labute approximate surface area is 320 Å². The Hall–Kier alpha value is -5.90. The van der Waals surface area contributed by atoms with E-state index in [2.05, 4.69) is 20.6 Å². The van der Waals surface area contributed by atoms with Gasteiger partial charge in [-0.3, -0.25) is 34.3 Å².